The van der Waals surface area contributed by atoms with E-state index >= 15 is 0 Å². The second kappa shape index (κ2) is 8.47. The molecule has 5 rings (SSSR count). The monoisotopic (exact) mass is 431 g/mol. The summed E-state index contributed by atoms with van der Waals surface area (Å²) in [6.07, 6.45) is 9.59. The molecule has 0 saturated heterocycles. The molecule has 1 saturated carbocycles. The van der Waals surface area contributed by atoms with Crippen molar-refractivity contribution in [3.05, 3.63) is 66.2 Å². The SMILES string of the molecule is COCCOc1ccn2c(-n3cc(-c4cc(C(=O)NC5CC5)ccc4C)cn3)cnc2c1. The van der Waals surface area contributed by atoms with Gasteiger partial charge in [-0.1, -0.05) is 6.07 Å². The summed E-state index contributed by atoms with van der Waals surface area (Å²) in [6.45, 7) is 3.05. The van der Waals surface area contributed by atoms with Crippen molar-refractivity contribution in [2.75, 3.05) is 20.3 Å². The van der Waals surface area contributed by atoms with Gasteiger partial charge in [-0.15, -0.1) is 0 Å². The highest BCUT2D eigenvalue weighted by Gasteiger charge is 2.24. The van der Waals surface area contributed by atoms with Crippen LogP contribution in [0.3, 0.4) is 0 Å². The molecule has 1 amide bonds. The van der Waals surface area contributed by atoms with Gasteiger partial charge in [-0.05, 0) is 49.1 Å². The van der Waals surface area contributed by atoms with Crippen molar-refractivity contribution >= 4 is 11.6 Å². The lowest BCUT2D eigenvalue weighted by atomic mass is 10.0. The Morgan fingerprint density at radius 1 is 1.19 bits per heavy atom. The third-order valence-electron chi connectivity index (χ3n) is 5.56. The number of methoxy groups -OCH3 is 1. The Labute approximate surface area is 185 Å². The number of fused-ring (bicyclic) bond motifs is 1. The second-order valence-electron chi connectivity index (χ2n) is 8.00. The Balaban J connectivity index is 1.41. The summed E-state index contributed by atoms with van der Waals surface area (Å²) in [5, 5.41) is 7.60. The van der Waals surface area contributed by atoms with Crippen molar-refractivity contribution in [3.63, 3.8) is 0 Å². The van der Waals surface area contributed by atoms with E-state index in [2.05, 4.69) is 15.4 Å². The molecule has 3 aromatic heterocycles. The van der Waals surface area contributed by atoms with Crippen LogP contribution in [0.2, 0.25) is 0 Å². The van der Waals surface area contributed by atoms with Crippen LogP contribution in [0.15, 0.2) is 55.1 Å². The fourth-order valence-corrected chi connectivity index (χ4v) is 3.61. The molecule has 0 aliphatic heterocycles. The van der Waals surface area contributed by atoms with E-state index in [0.29, 0.717) is 24.8 Å². The van der Waals surface area contributed by atoms with Crippen molar-refractivity contribution in [1.29, 1.82) is 0 Å². The molecule has 1 N–H and O–H groups in total. The van der Waals surface area contributed by atoms with Gasteiger partial charge in [0.05, 0.1) is 19.0 Å². The van der Waals surface area contributed by atoms with Crippen LogP contribution in [-0.2, 0) is 4.74 Å². The molecule has 0 bridgehead atoms. The standard InChI is InChI=1S/C24H25N5O3/c1-16-3-4-17(24(30)27-19-5-6-19)11-21(16)18-13-26-29(15-18)23-14-25-22-12-20(7-8-28(22)23)32-10-9-31-2/h3-4,7-8,11-15,19H,5-6,9-10H2,1-2H3,(H,27,30). The van der Waals surface area contributed by atoms with E-state index < -0.39 is 0 Å². The molecule has 32 heavy (non-hydrogen) atoms. The first-order valence-corrected chi connectivity index (χ1v) is 10.7. The topological polar surface area (TPSA) is 82.7 Å². The molecule has 3 heterocycles. The van der Waals surface area contributed by atoms with E-state index in [4.69, 9.17) is 9.47 Å². The summed E-state index contributed by atoms with van der Waals surface area (Å²) >= 11 is 0. The lowest BCUT2D eigenvalue weighted by Gasteiger charge is -2.08. The van der Waals surface area contributed by atoms with Crippen LogP contribution in [0.25, 0.3) is 22.6 Å². The van der Waals surface area contributed by atoms with Gasteiger partial charge in [0.2, 0.25) is 0 Å². The first-order chi connectivity index (χ1) is 15.6. The summed E-state index contributed by atoms with van der Waals surface area (Å²) in [7, 11) is 1.65. The molecule has 1 aromatic carbocycles. The molecule has 1 aliphatic carbocycles. The Morgan fingerprint density at radius 2 is 2.06 bits per heavy atom. The minimum Gasteiger partial charge on any atom is -0.491 e. The van der Waals surface area contributed by atoms with Crippen molar-refractivity contribution in [3.8, 4) is 22.7 Å². The van der Waals surface area contributed by atoms with Crippen LogP contribution in [0, 0.1) is 6.92 Å². The van der Waals surface area contributed by atoms with Crippen LogP contribution < -0.4 is 10.1 Å². The Morgan fingerprint density at radius 3 is 2.88 bits per heavy atom. The number of nitrogens with zero attached hydrogens (tertiary/aromatic N) is 4. The van der Waals surface area contributed by atoms with Crippen molar-refractivity contribution in [2.45, 2.75) is 25.8 Å². The highest BCUT2D eigenvalue weighted by molar-refractivity contribution is 5.96. The number of benzene rings is 1. The van der Waals surface area contributed by atoms with Gasteiger partial charge < -0.3 is 14.8 Å². The maximum absolute atomic E-state index is 12.5. The summed E-state index contributed by atoms with van der Waals surface area (Å²) in [4.78, 5) is 17.0. The van der Waals surface area contributed by atoms with Crippen LogP contribution in [0.1, 0.15) is 28.8 Å². The summed E-state index contributed by atoms with van der Waals surface area (Å²) in [6, 6.07) is 9.90. The van der Waals surface area contributed by atoms with Crippen molar-refractivity contribution in [2.24, 2.45) is 0 Å². The highest BCUT2D eigenvalue weighted by atomic mass is 16.5. The fraction of sp³-hybridized carbons (Fsp3) is 0.292. The first kappa shape index (κ1) is 20.3. The number of hydrogen-bond acceptors (Lipinski definition) is 5. The molecule has 0 unspecified atom stereocenters. The van der Waals surface area contributed by atoms with E-state index in [0.717, 1.165) is 46.7 Å². The lowest BCUT2D eigenvalue weighted by molar-refractivity contribution is 0.0951. The molecule has 1 aliphatic rings. The van der Waals surface area contributed by atoms with Gasteiger partial charge in [-0.3, -0.25) is 9.20 Å². The number of aryl methyl sites for hydroxylation is 1. The second-order valence-corrected chi connectivity index (χ2v) is 8.00. The Bertz CT molecular complexity index is 1270. The zero-order valence-electron chi connectivity index (χ0n) is 18.1. The first-order valence-electron chi connectivity index (χ1n) is 10.7. The van der Waals surface area contributed by atoms with E-state index in [1.807, 2.05) is 60.2 Å². The maximum atomic E-state index is 12.5. The predicted molar refractivity (Wildman–Crippen MR) is 120 cm³/mol. The summed E-state index contributed by atoms with van der Waals surface area (Å²) in [5.74, 6) is 1.53. The van der Waals surface area contributed by atoms with Crippen LogP contribution >= 0.6 is 0 Å². The molecular weight excluding hydrogens is 406 g/mol. The number of ether oxygens (including phenoxy) is 2. The molecule has 1 fully saturated rings. The zero-order chi connectivity index (χ0) is 22.1. The number of carbonyl (C=O) groups excluding carboxylic acids is 1. The third kappa shape index (κ3) is 4.09. The number of rotatable bonds is 8. The van der Waals surface area contributed by atoms with E-state index in [1.165, 1.54) is 0 Å². The Kier molecular flexibility index (Phi) is 5.36. The summed E-state index contributed by atoms with van der Waals surface area (Å²) < 4.78 is 14.4. The highest BCUT2D eigenvalue weighted by Crippen LogP contribution is 2.27. The Hall–Kier alpha value is -3.65. The molecule has 0 radical (unpaired) electrons. The van der Waals surface area contributed by atoms with Gasteiger partial charge in [0, 0.05) is 42.7 Å². The average Bonchev–Trinajstić information content (AvgIpc) is 3.31. The van der Waals surface area contributed by atoms with Crippen molar-refractivity contribution < 1.29 is 14.3 Å². The van der Waals surface area contributed by atoms with Gasteiger partial charge in [0.1, 0.15) is 18.0 Å². The third-order valence-corrected chi connectivity index (χ3v) is 5.56. The number of pyridine rings is 1. The van der Waals surface area contributed by atoms with Crippen LogP contribution in [0.5, 0.6) is 5.75 Å². The molecule has 0 spiro atoms. The van der Waals surface area contributed by atoms with Gasteiger partial charge in [0.15, 0.2) is 5.82 Å². The number of carbonyl (C=O) groups is 1. The van der Waals surface area contributed by atoms with Crippen LogP contribution in [0.4, 0.5) is 0 Å². The van der Waals surface area contributed by atoms with Crippen molar-refractivity contribution in [1.82, 2.24) is 24.5 Å². The quantitative estimate of drug-likeness (QED) is 0.432. The molecule has 0 atom stereocenters. The fourth-order valence-electron chi connectivity index (χ4n) is 3.61. The minimum atomic E-state index is -0.0218. The molecule has 164 valence electrons. The molecule has 4 aromatic rings. The minimum absolute atomic E-state index is 0.0218. The number of hydrogen-bond donors (Lipinski definition) is 1. The lowest BCUT2D eigenvalue weighted by Crippen LogP contribution is -2.25. The van der Waals surface area contributed by atoms with Gasteiger partial charge in [-0.25, -0.2) is 9.67 Å². The largest absolute Gasteiger partial charge is 0.491 e. The molecular formula is C24H25N5O3. The summed E-state index contributed by atoms with van der Waals surface area (Å²) in [5.41, 5.74) is 4.45. The molecule has 8 heteroatoms. The zero-order valence-corrected chi connectivity index (χ0v) is 18.1. The number of aromatic nitrogens is 4. The smallest absolute Gasteiger partial charge is 0.251 e. The van der Waals surface area contributed by atoms with Crippen LogP contribution in [-0.4, -0.2) is 51.4 Å². The normalized spacial score (nSPS) is 13.4. The van der Waals surface area contributed by atoms with E-state index in [9.17, 15) is 4.79 Å². The predicted octanol–water partition coefficient (Wildman–Crippen LogP) is 3.41. The van der Waals surface area contributed by atoms with E-state index in [-0.39, 0.29) is 5.91 Å². The average molecular weight is 431 g/mol. The van der Waals surface area contributed by atoms with Gasteiger partial charge in [0.25, 0.3) is 5.91 Å². The van der Waals surface area contributed by atoms with E-state index in [1.54, 1.807) is 18.0 Å². The molecule has 8 nitrogen and oxygen atoms in total. The number of nitrogens with one attached hydrogen (secondary N) is 1. The maximum Gasteiger partial charge on any atom is 0.251 e. The van der Waals surface area contributed by atoms with Gasteiger partial charge in [-0.2, -0.15) is 5.10 Å². The number of amides is 1. The number of imidazole rings is 1. The van der Waals surface area contributed by atoms with Gasteiger partial charge >= 0.3 is 0 Å².